The van der Waals surface area contributed by atoms with Crippen LogP contribution in [-0.2, 0) is 6.42 Å². The number of hydrogen-bond donors (Lipinski definition) is 1. The first-order chi connectivity index (χ1) is 12.7. The van der Waals surface area contributed by atoms with Crippen LogP contribution in [0.3, 0.4) is 0 Å². The minimum absolute atomic E-state index is 0.000692. The Morgan fingerprint density at radius 1 is 1.15 bits per heavy atom. The topological polar surface area (TPSA) is 45.6 Å². The van der Waals surface area contributed by atoms with E-state index in [4.69, 9.17) is 4.74 Å². The van der Waals surface area contributed by atoms with E-state index < -0.39 is 0 Å². The predicted octanol–water partition coefficient (Wildman–Crippen LogP) is 3.56. The highest BCUT2D eigenvalue weighted by atomic mass is 16.5. The number of nitrogens with zero attached hydrogens (tertiary/aromatic N) is 2. The maximum Gasteiger partial charge on any atom is 0.119 e. The van der Waals surface area contributed by atoms with Crippen molar-refractivity contribution in [1.82, 2.24) is 9.88 Å². The lowest BCUT2D eigenvalue weighted by Gasteiger charge is -2.43. The molecule has 1 saturated heterocycles. The number of piperidine rings is 1. The average molecular weight is 354 g/mol. The third kappa shape index (κ3) is 5.05. The lowest BCUT2D eigenvalue weighted by Crippen LogP contribution is -2.46. The van der Waals surface area contributed by atoms with Crippen molar-refractivity contribution in [3.05, 3.63) is 60.4 Å². The van der Waals surface area contributed by atoms with Gasteiger partial charge in [-0.05, 0) is 74.9 Å². The molecule has 1 atom stereocenters. The summed E-state index contributed by atoms with van der Waals surface area (Å²) in [4.78, 5) is 6.75. The number of aliphatic hydroxyl groups is 1. The number of pyridine rings is 1. The van der Waals surface area contributed by atoms with Gasteiger partial charge in [0.15, 0.2) is 0 Å². The SMILES string of the molecule is C[C@H](Cc1cccnc1)N1CCC(CO)(CCOc2ccccc2)CC1. The van der Waals surface area contributed by atoms with Crippen LogP contribution in [0.25, 0.3) is 0 Å². The third-order valence-corrected chi connectivity index (χ3v) is 5.72. The van der Waals surface area contributed by atoms with Crippen LogP contribution in [0.1, 0.15) is 31.7 Å². The Morgan fingerprint density at radius 3 is 2.58 bits per heavy atom. The van der Waals surface area contributed by atoms with Crippen molar-refractivity contribution in [2.24, 2.45) is 5.41 Å². The first kappa shape index (κ1) is 18.9. The van der Waals surface area contributed by atoms with Gasteiger partial charge in [0.25, 0.3) is 0 Å². The summed E-state index contributed by atoms with van der Waals surface area (Å²) in [6.07, 6.45) is 7.76. The van der Waals surface area contributed by atoms with E-state index in [9.17, 15) is 5.11 Å². The molecule has 0 radical (unpaired) electrons. The first-order valence-electron chi connectivity index (χ1n) is 9.62. The van der Waals surface area contributed by atoms with Gasteiger partial charge in [-0.1, -0.05) is 24.3 Å². The quantitative estimate of drug-likeness (QED) is 0.787. The predicted molar refractivity (Wildman–Crippen MR) is 104 cm³/mol. The molecule has 1 aliphatic heterocycles. The van der Waals surface area contributed by atoms with Crippen LogP contribution in [0.5, 0.6) is 5.75 Å². The van der Waals surface area contributed by atoms with Gasteiger partial charge in [0.2, 0.25) is 0 Å². The van der Waals surface area contributed by atoms with Crippen LogP contribution in [0, 0.1) is 5.41 Å². The van der Waals surface area contributed by atoms with E-state index in [1.54, 1.807) is 0 Å². The molecule has 0 bridgehead atoms. The van der Waals surface area contributed by atoms with Crippen molar-refractivity contribution >= 4 is 0 Å². The van der Waals surface area contributed by atoms with Gasteiger partial charge < -0.3 is 14.7 Å². The molecule has 1 aromatic carbocycles. The van der Waals surface area contributed by atoms with Crippen LogP contribution < -0.4 is 4.74 Å². The van der Waals surface area contributed by atoms with Crippen LogP contribution >= 0.6 is 0 Å². The van der Waals surface area contributed by atoms with E-state index >= 15 is 0 Å². The van der Waals surface area contributed by atoms with E-state index in [0.29, 0.717) is 12.6 Å². The average Bonchev–Trinajstić information content (AvgIpc) is 2.70. The molecule has 0 spiro atoms. The van der Waals surface area contributed by atoms with Crippen LogP contribution in [0.15, 0.2) is 54.9 Å². The standard InChI is InChI=1S/C22H30N2O2/c1-19(16-20-6-5-12-23-17-20)24-13-9-22(18-25,10-14-24)11-15-26-21-7-3-2-4-8-21/h2-8,12,17,19,25H,9-11,13-16,18H2,1H3/t19-/m1/s1. The van der Waals surface area contributed by atoms with Crippen LogP contribution in [0.4, 0.5) is 0 Å². The molecule has 0 saturated carbocycles. The fourth-order valence-electron chi connectivity index (χ4n) is 3.82. The molecule has 2 heterocycles. The number of hydrogen-bond acceptors (Lipinski definition) is 4. The fraction of sp³-hybridized carbons (Fsp3) is 0.500. The van der Waals surface area contributed by atoms with E-state index in [1.807, 2.05) is 48.8 Å². The second-order valence-electron chi connectivity index (χ2n) is 7.52. The highest BCUT2D eigenvalue weighted by Crippen LogP contribution is 2.35. The Hall–Kier alpha value is -1.91. The molecule has 1 N–H and O–H groups in total. The first-order valence-corrected chi connectivity index (χ1v) is 9.62. The molecule has 1 aliphatic rings. The van der Waals surface area contributed by atoms with Gasteiger partial charge in [-0.3, -0.25) is 4.98 Å². The summed E-state index contributed by atoms with van der Waals surface area (Å²) in [6.45, 7) is 5.27. The lowest BCUT2D eigenvalue weighted by atomic mass is 9.76. The smallest absolute Gasteiger partial charge is 0.119 e. The normalized spacial score (nSPS) is 18.4. The van der Waals surface area contributed by atoms with Gasteiger partial charge in [-0.15, -0.1) is 0 Å². The summed E-state index contributed by atoms with van der Waals surface area (Å²) in [7, 11) is 0. The number of benzene rings is 1. The Balaban J connectivity index is 1.47. The molecule has 0 amide bonds. The molecular weight excluding hydrogens is 324 g/mol. The fourth-order valence-corrected chi connectivity index (χ4v) is 3.82. The van der Waals surface area contributed by atoms with Gasteiger partial charge in [-0.25, -0.2) is 0 Å². The highest BCUT2D eigenvalue weighted by molar-refractivity contribution is 5.20. The van der Waals surface area contributed by atoms with Crippen LogP contribution in [-0.4, -0.2) is 47.3 Å². The molecule has 1 fully saturated rings. The second-order valence-corrected chi connectivity index (χ2v) is 7.52. The number of para-hydroxylation sites is 1. The highest BCUT2D eigenvalue weighted by Gasteiger charge is 2.35. The second kappa shape index (κ2) is 9.15. The van der Waals surface area contributed by atoms with E-state index in [1.165, 1.54) is 5.56 Å². The van der Waals surface area contributed by atoms with E-state index in [0.717, 1.165) is 44.5 Å². The Bertz CT molecular complexity index is 640. The minimum atomic E-state index is -0.000692. The summed E-state index contributed by atoms with van der Waals surface area (Å²) in [6, 6.07) is 14.6. The van der Waals surface area contributed by atoms with Crippen molar-refractivity contribution in [2.75, 3.05) is 26.3 Å². The van der Waals surface area contributed by atoms with Gasteiger partial charge in [0.05, 0.1) is 6.61 Å². The third-order valence-electron chi connectivity index (χ3n) is 5.72. The minimum Gasteiger partial charge on any atom is -0.494 e. The molecule has 2 aromatic rings. The molecule has 4 nitrogen and oxygen atoms in total. The largest absolute Gasteiger partial charge is 0.494 e. The number of ether oxygens (including phenoxy) is 1. The Morgan fingerprint density at radius 2 is 1.92 bits per heavy atom. The molecule has 0 unspecified atom stereocenters. The van der Waals surface area contributed by atoms with Crippen molar-refractivity contribution in [3.63, 3.8) is 0 Å². The number of aromatic nitrogens is 1. The van der Waals surface area contributed by atoms with E-state index in [2.05, 4.69) is 22.9 Å². The Labute approximate surface area is 156 Å². The summed E-state index contributed by atoms with van der Waals surface area (Å²) >= 11 is 0. The number of aliphatic hydroxyl groups excluding tert-OH is 1. The molecule has 0 aliphatic carbocycles. The summed E-state index contributed by atoms with van der Waals surface area (Å²) in [5.41, 5.74) is 1.29. The molecule has 4 heteroatoms. The van der Waals surface area contributed by atoms with Crippen molar-refractivity contribution in [2.45, 2.75) is 38.6 Å². The molecular formula is C22H30N2O2. The van der Waals surface area contributed by atoms with Gasteiger partial charge in [0, 0.05) is 25.0 Å². The van der Waals surface area contributed by atoms with Gasteiger partial charge >= 0.3 is 0 Å². The monoisotopic (exact) mass is 354 g/mol. The summed E-state index contributed by atoms with van der Waals surface area (Å²) in [5.74, 6) is 0.906. The van der Waals surface area contributed by atoms with Crippen molar-refractivity contribution in [3.8, 4) is 5.75 Å². The zero-order chi connectivity index (χ0) is 18.2. The van der Waals surface area contributed by atoms with Gasteiger partial charge in [0.1, 0.15) is 5.75 Å². The van der Waals surface area contributed by atoms with Gasteiger partial charge in [-0.2, -0.15) is 0 Å². The lowest BCUT2D eigenvalue weighted by molar-refractivity contribution is 0.0151. The molecule has 26 heavy (non-hydrogen) atoms. The summed E-state index contributed by atoms with van der Waals surface area (Å²) in [5, 5.41) is 10.0. The molecule has 3 rings (SSSR count). The maximum absolute atomic E-state index is 10.0. The zero-order valence-electron chi connectivity index (χ0n) is 15.7. The van der Waals surface area contributed by atoms with E-state index in [-0.39, 0.29) is 12.0 Å². The van der Waals surface area contributed by atoms with Crippen molar-refractivity contribution < 1.29 is 9.84 Å². The summed E-state index contributed by atoms with van der Waals surface area (Å²) < 4.78 is 5.86. The maximum atomic E-state index is 10.0. The number of likely N-dealkylation sites (tertiary alicyclic amines) is 1. The number of rotatable bonds is 8. The zero-order valence-corrected chi connectivity index (χ0v) is 15.7. The van der Waals surface area contributed by atoms with Crippen LogP contribution in [0.2, 0.25) is 0 Å². The molecule has 1 aromatic heterocycles. The Kier molecular flexibility index (Phi) is 6.64. The van der Waals surface area contributed by atoms with Crippen molar-refractivity contribution in [1.29, 1.82) is 0 Å². The molecule has 140 valence electrons.